The molecule has 0 spiro atoms. The highest BCUT2D eigenvalue weighted by atomic mass is 16.5. The van der Waals surface area contributed by atoms with E-state index in [-0.39, 0.29) is 12.5 Å². The molecule has 1 amide bonds. The van der Waals surface area contributed by atoms with Gasteiger partial charge >= 0.3 is 12.1 Å². The zero-order valence-electron chi connectivity index (χ0n) is 8.92. The van der Waals surface area contributed by atoms with Crippen LogP contribution in [0.3, 0.4) is 0 Å². The van der Waals surface area contributed by atoms with Crippen LogP contribution in [-0.2, 0) is 9.53 Å². The molecule has 0 radical (unpaired) electrons. The zero-order chi connectivity index (χ0) is 11.8. The Kier molecular flexibility index (Phi) is 2.46. The third-order valence-electron chi connectivity index (χ3n) is 3.21. The molecule has 0 aromatic heterocycles. The van der Waals surface area contributed by atoms with E-state index in [1.54, 1.807) is 12.2 Å². The van der Waals surface area contributed by atoms with Crippen LogP contribution in [0.5, 0.6) is 0 Å². The van der Waals surface area contributed by atoms with E-state index in [0.717, 1.165) is 0 Å². The summed E-state index contributed by atoms with van der Waals surface area (Å²) in [6.07, 6.45) is 6.54. The lowest BCUT2D eigenvalue weighted by Crippen LogP contribution is -2.38. The molecule has 1 aliphatic heterocycles. The molecule has 0 bridgehead atoms. The Morgan fingerprint density at radius 1 is 1.50 bits per heavy atom. The SMILES string of the molecule is COC(=O)N1C[C@H]2C=CC=CC2(C(=O)O)C1. The van der Waals surface area contributed by atoms with Crippen molar-refractivity contribution < 1.29 is 19.4 Å². The van der Waals surface area contributed by atoms with E-state index < -0.39 is 17.5 Å². The summed E-state index contributed by atoms with van der Waals surface area (Å²) in [7, 11) is 1.30. The summed E-state index contributed by atoms with van der Waals surface area (Å²) in [6, 6.07) is 0. The molecule has 1 unspecified atom stereocenters. The summed E-state index contributed by atoms with van der Waals surface area (Å²) in [4.78, 5) is 24.2. The molecule has 0 saturated carbocycles. The maximum Gasteiger partial charge on any atom is 0.409 e. The lowest BCUT2D eigenvalue weighted by Gasteiger charge is -2.26. The fourth-order valence-electron chi connectivity index (χ4n) is 2.30. The summed E-state index contributed by atoms with van der Waals surface area (Å²) in [5.41, 5.74) is -0.983. The van der Waals surface area contributed by atoms with Gasteiger partial charge in [-0.15, -0.1) is 0 Å². The first kappa shape index (κ1) is 10.7. The maximum absolute atomic E-state index is 11.4. The second-order valence-electron chi connectivity index (χ2n) is 4.05. The van der Waals surface area contributed by atoms with Crippen LogP contribution in [0.4, 0.5) is 4.79 Å². The van der Waals surface area contributed by atoms with Crippen molar-refractivity contribution in [2.24, 2.45) is 11.3 Å². The Labute approximate surface area is 93.0 Å². The minimum Gasteiger partial charge on any atom is -0.481 e. The number of allylic oxidation sites excluding steroid dienone is 2. The lowest BCUT2D eigenvalue weighted by molar-refractivity contribution is -0.146. The van der Waals surface area contributed by atoms with Crippen molar-refractivity contribution in [2.45, 2.75) is 0 Å². The second kappa shape index (κ2) is 3.66. The van der Waals surface area contributed by atoms with Crippen molar-refractivity contribution in [3.63, 3.8) is 0 Å². The summed E-state index contributed by atoms with van der Waals surface area (Å²) in [6.45, 7) is 0.556. The first-order valence-corrected chi connectivity index (χ1v) is 5.02. The number of carboxylic acids is 1. The van der Waals surface area contributed by atoms with Crippen LogP contribution in [0.25, 0.3) is 0 Å². The number of hydrogen-bond donors (Lipinski definition) is 1. The molecule has 5 heteroatoms. The monoisotopic (exact) mass is 223 g/mol. The topological polar surface area (TPSA) is 66.8 Å². The highest BCUT2D eigenvalue weighted by Crippen LogP contribution is 2.40. The van der Waals surface area contributed by atoms with E-state index in [0.29, 0.717) is 6.54 Å². The van der Waals surface area contributed by atoms with Crippen LogP contribution >= 0.6 is 0 Å². The highest BCUT2D eigenvalue weighted by molar-refractivity contribution is 5.81. The maximum atomic E-state index is 11.4. The molecule has 1 saturated heterocycles. The van der Waals surface area contributed by atoms with Gasteiger partial charge < -0.3 is 14.7 Å². The number of ether oxygens (including phenoxy) is 1. The van der Waals surface area contributed by atoms with Crippen molar-refractivity contribution in [1.29, 1.82) is 0 Å². The average Bonchev–Trinajstić information content (AvgIpc) is 2.68. The number of methoxy groups -OCH3 is 1. The number of carboxylic acid groups (broad SMARTS) is 1. The van der Waals surface area contributed by atoms with E-state index in [1.165, 1.54) is 12.0 Å². The largest absolute Gasteiger partial charge is 0.481 e. The summed E-state index contributed by atoms with van der Waals surface area (Å²) < 4.78 is 4.61. The quantitative estimate of drug-likeness (QED) is 0.716. The van der Waals surface area contributed by atoms with E-state index in [2.05, 4.69) is 4.74 Å². The number of likely N-dealkylation sites (tertiary alicyclic amines) is 1. The highest BCUT2D eigenvalue weighted by Gasteiger charge is 2.51. The predicted molar refractivity (Wildman–Crippen MR) is 55.8 cm³/mol. The van der Waals surface area contributed by atoms with Crippen molar-refractivity contribution in [1.82, 2.24) is 4.90 Å². The molecule has 2 rings (SSSR count). The Morgan fingerprint density at radius 3 is 2.81 bits per heavy atom. The molecule has 2 atom stereocenters. The van der Waals surface area contributed by atoms with Crippen molar-refractivity contribution >= 4 is 12.1 Å². The number of carbonyl (C=O) groups excluding carboxylic acids is 1. The van der Waals surface area contributed by atoms with Gasteiger partial charge in [0.05, 0.1) is 7.11 Å². The fourth-order valence-corrected chi connectivity index (χ4v) is 2.30. The van der Waals surface area contributed by atoms with Gasteiger partial charge in [-0.05, 0) is 0 Å². The normalized spacial score (nSPS) is 31.3. The van der Waals surface area contributed by atoms with Gasteiger partial charge in [0.25, 0.3) is 0 Å². The first-order valence-electron chi connectivity index (χ1n) is 5.02. The van der Waals surface area contributed by atoms with Gasteiger partial charge in [0.2, 0.25) is 0 Å². The number of fused-ring (bicyclic) bond motifs is 1. The fraction of sp³-hybridized carbons (Fsp3) is 0.455. The predicted octanol–water partition coefficient (Wildman–Crippen LogP) is 0.882. The van der Waals surface area contributed by atoms with Gasteiger partial charge in [-0.3, -0.25) is 4.79 Å². The molecule has 16 heavy (non-hydrogen) atoms. The third-order valence-corrected chi connectivity index (χ3v) is 3.21. The van der Waals surface area contributed by atoms with Crippen LogP contribution < -0.4 is 0 Å². The van der Waals surface area contributed by atoms with Crippen LogP contribution in [0.2, 0.25) is 0 Å². The van der Waals surface area contributed by atoms with E-state index >= 15 is 0 Å². The molecular weight excluding hydrogens is 210 g/mol. The number of amides is 1. The van der Waals surface area contributed by atoms with Crippen molar-refractivity contribution in [3.8, 4) is 0 Å². The standard InChI is InChI=1S/C11H13NO4/c1-16-10(15)12-6-8-4-2-3-5-11(8,7-12)9(13)14/h2-5,8H,6-7H2,1H3,(H,13,14)/t8-,11?/m1/s1. The molecule has 2 aliphatic rings. The van der Waals surface area contributed by atoms with E-state index in [9.17, 15) is 14.7 Å². The molecule has 1 heterocycles. The Hall–Kier alpha value is -1.78. The number of carbonyl (C=O) groups is 2. The van der Waals surface area contributed by atoms with Crippen LogP contribution in [0.1, 0.15) is 0 Å². The molecule has 1 N–H and O–H groups in total. The van der Waals surface area contributed by atoms with Gasteiger partial charge in [0.15, 0.2) is 0 Å². The first-order chi connectivity index (χ1) is 7.60. The van der Waals surface area contributed by atoms with Crippen molar-refractivity contribution in [3.05, 3.63) is 24.3 Å². The molecule has 5 nitrogen and oxygen atoms in total. The number of rotatable bonds is 1. The van der Waals surface area contributed by atoms with Crippen LogP contribution in [-0.4, -0.2) is 42.3 Å². The molecular formula is C11H13NO4. The minimum atomic E-state index is -0.983. The summed E-state index contributed by atoms with van der Waals surface area (Å²) >= 11 is 0. The Morgan fingerprint density at radius 2 is 2.25 bits per heavy atom. The summed E-state index contributed by atoms with van der Waals surface area (Å²) in [5.74, 6) is -1.07. The number of nitrogens with zero attached hydrogens (tertiary/aromatic N) is 1. The molecule has 0 aromatic carbocycles. The Bertz CT molecular complexity index is 387. The van der Waals surface area contributed by atoms with Crippen LogP contribution in [0, 0.1) is 11.3 Å². The van der Waals surface area contributed by atoms with E-state index in [1.807, 2.05) is 12.2 Å². The lowest BCUT2D eigenvalue weighted by atomic mass is 9.75. The molecule has 86 valence electrons. The van der Waals surface area contributed by atoms with E-state index in [4.69, 9.17) is 0 Å². The average molecular weight is 223 g/mol. The number of aliphatic carboxylic acids is 1. The molecule has 1 aliphatic carbocycles. The van der Waals surface area contributed by atoms with Gasteiger partial charge in [0, 0.05) is 19.0 Å². The van der Waals surface area contributed by atoms with Gasteiger partial charge in [-0.1, -0.05) is 24.3 Å². The summed E-state index contributed by atoms with van der Waals surface area (Å²) in [5, 5.41) is 9.31. The third kappa shape index (κ3) is 1.39. The van der Waals surface area contributed by atoms with Crippen molar-refractivity contribution in [2.75, 3.05) is 20.2 Å². The van der Waals surface area contributed by atoms with Crippen LogP contribution in [0.15, 0.2) is 24.3 Å². The van der Waals surface area contributed by atoms with Gasteiger partial charge in [-0.25, -0.2) is 4.79 Å². The minimum absolute atomic E-state index is 0.167. The smallest absolute Gasteiger partial charge is 0.409 e. The van der Waals surface area contributed by atoms with Gasteiger partial charge in [-0.2, -0.15) is 0 Å². The van der Waals surface area contributed by atoms with Gasteiger partial charge in [0.1, 0.15) is 5.41 Å². The Balaban J connectivity index is 2.29. The molecule has 1 fully saturated rings. The second-order valence-corrected chi connectivity index (χ2v) is 4.05. The number of hydrogen-bond acceptors (Lipinski definition) is 3. The zero-order valence-corrected chi connectivity index (χ0v) is 8.92. The molecule has 0 aromatic rings.